The van der Waals surface area contributed by atoms with Gasteiger partial charge >= 0.3 is 12.1 Å². The Kier molecular flexibility index (Phi) is 11.0. The fourth-order valence-corrected chi connectivity index (χ4v) is 3.34. The highest BCUT2D eigenvalue weighted by molar-refractivity contribution is 8.00. The minimum absolute atomic E-state index is 0.120. The van der Waals surface area contributed by atoms with Crippen LogP contribution in [0.1, 0.15) is 66.2 Å². The van der Waals surface area contributed by atoms with E-state index in [0.717, 1.165) is 25.0 Å². The van der Waals surface area contributed by atoms with E-state index in [-0.39, 0.29) is 23.7 Å². The first-order valence-electron chi connectivity index (χ1n) is 8.00. The maximum Gasteiger partial charge on any atom is 0.389 e. The summed E-state index contributed by atoms with van der Waals surface area (Å²) in [6.07, 6.45) is -1.70. The number of carbonyl (C=O) groups excluding carboxylic acids is 1. The fourth-order valence-electron chi connectivity index (χ4n) is 1.98. The molecule has 0 N–H and O–H groups in total. The van der Waals surface area contributed by atoms with Gasteiger partial charge in [0, 0.05) is 6.42 Å². The molecule has 0 aromatic heterocycles. The lowest BCUT2D eigenvalue weighted by atomic mass is 10.1. The van der Waals surface area contributed by atoms with Crippen LogP contribution in [0.25, 0.3) is 0 Å². The van der Waals surface area contributed by atoms with Crippen molar-refractivity contribution in [3.05, 3.63) is 0 Å². The molecule has 0 saturated carbocycles. The van der Waals surface area contributed by atoms with E-state index in [1.165, 1.54) is 0 Å². The summed E-state index contributed by atoms with van der Waals surface area (Å²) in [7, 11) is 0. The number of rotatable bonds is 11. The molecule has 6 heteroatoms. The SMILES string of the molecule is CC(C)CC(SCCCCCCC(F)(F)F)C(=O)OC(C)C. The summed E-state index contributed by atoms with van der Waals surface area (Å²) in [5, 5.41) is -0.169. The van der Waals surface area contributed by atoms with Gasteiger partial charge in [0.2, 0.25) is 0 Å². The molecule has 2 nitrogen and oxygen atoms in total. The number of halogens is 3. The van der Waals surface area contributed by atoms with Crippen molar-refractivity contribution in [3.63, 3.8) is 0 Å². The maximum absolute atomic E-state index is 12.0. The molecule has 0 aliphatic heterocycles. The summed E-state index contributed by atoms with van der Waals surface area (Å²) in [4.78, 5) is 12.0. The maximum atomic E-state index is 12.0. The molecule has 0 radical (unpaired) electrons. The van der Waals surface area contributed by atoms with Crippen molar-refractivity contribution in [1.82, 2.24) is 0 Å². The minimum atomic E-state index is -4.04. The molecule has 22 heavy (non-hydrogen) atoms. The normalized spacial score (nSPS) is 13.7. The molecule has 0 aliphatic carbocycles. The zero-order chi connectivity index (χ0) is 17.2. The monoisotopic (exact) mass is 342 g/mol. The van der Waals surface area contributed by atoms with Gasteiger partial charge < -0.3 is 4.74 Å². The van der Waals surface area contributed by atoms with Crippen molar-refractivity contribution < 1.29 is 22.7 Å². The van der Waals surface area contributed by atoms with Gasteiger partial charge in [-0.05, 0) is 44.8 Å². The van der Waals surface area contributed by atoms with Crippen LogP contribution in [-0.2, 0) is 9.53 Å². The van der Waals surface area contributed by atoms with Crippen molar-refractivity contribution in [2.45, 2.75) is 83.8 Å². The van der Waals surface area contributed by atoms with E-state index in [2.05, 4.69) is 13.8 Å². The Morgan fingerprint density at radius 2 is 1.64 bits per heavy atom. The van der Waals surface area contributed by atoms with Crippen LogP contribution in [0, 0.1) is 5.92 Å². The first kappa shape index (κ1) is 21.6. The number of thioether (sulfide) groups is 1. The van der Waals surface area contributed by atoms with Gasteiger partial charge in [-0.25, -0.2) is 0 Å². The number of carbonyl (C=O) groups is 1. The van der Waals surface area contributed by atoms with Crippen LogP contribution >= 0.6 is 11.8 Å². The second kappa shape index (κ2) is 11.2. The molecule has 0 aliphatic rings. The Bertz CT molecular complexity index is 304. The molecule has 0 amide bonds. The quantitative estimate of drug-likeness (QED) is 0.361. The molecule has 0 saturated heterocycles. The lowest BCUT2D eigenvalue weighted by Crippen LogP contribution is -2.25. The summed E-state index contributed by atoms with van der Waals surface area (Å²) in [5.74, 6) is 1.02. The molecule has 0 aromatic carbocycles. The van der Waals surface area contributed by atoms with E-state index in [4.69, 9.17) is 4.74 Å². The number of ether oxygens (including phenoxy) is 1. The summed E-state index contributed by atoms with van der Waals surface area (Å²) in [6, 6.07) is 0. The Morgan fingerprint density at radius 3 is 2.14 bits per heavy atom. The Labute approximate surface area is 136 Å². The molecule has 0 fully saturated rings. The van der Waals surface area contributed by atoms with Gasteiger partial charge in [0.15, 0.2) is 0 Å². The van der Waals surface area contributed by atoms with Crippen molar-refractivity contribution in [1.29, 1.82) is 0 Å². The summed E-state index contributed by atoms with van der Waals surface area (Å²) >= 11 is 1.57. The molecule has 0 rings (SSSR count). The third kappa shape index (κ3) is 13.3. The van der Waals surface area contributed by atoms with Gasteiger partial charge in [-0.2, -0.15) is 13.2 Å². The average molecular weight is 342 g/mol. The highest BCUT2D eigenvalue weighted by Crippen LogP contribution is 2.25. The number of unbranched alkanes of at least 4 members (excludes halogenated alkanes) is 3. The van der Waals surface area contributed by atoms with Crippen molar-refractivity contribution in [3.8, 4) is 0 Å². The smallest absolute Gasteiger partial charge is 0.389 e. The fraction of sp³-hybridized carbons (Fsp3) is 0.938. The van der Waals surface area contributed by atoms with Crippen LogP contribution in [-0.4, -0.2) is 29.3 Å². The largest absolute Gasteiger partial charge is 0.462 e. The van der Waals surface area contributed by atoms with Crippen LogP contribution in [0.5, 0.6) is 0 Å². The van der Waals surface area contributed by atoms with E-state index < -0.39 is 12.6 Å². The predicted molar refractivity (Wildman–Crippen MR) is 86.1 cm³/mol. The third-order valence-corrected chi connectivity index (χ3v) is 4.29. The van der Waals surface area contributed by atoms with E-state index in [9.17, 15) is 18.0 Å². The first-order chi connectivity index (χ1) is 10.1. The molecule has 0 aromatic rings. The van der Waals surface area contributed by atoms with E-state index in [0.29, 0.717) is 12.3 Å². The second-order valence-corrected chi connectivity index (χ2v) is 7.56. The zero-order valence-electron chi connectivity index (χ0n) is 14.0. The Hall–Kier alpha value is -0.390. The molecular formula is C16H29F3O2S. The molecule has 132 valence electrons. The van der Waals surface area contributed by atoms with Gasteiger partial charge in [-0.15, -0.1) is 11.8 Å². The van der Waals surface area contributed by atoms with Crippen LogP contribution in [0.3, 0.4) is 0 Å². The number of alkyl halides is 3. The van der Waals surface area contributed by atoms with Crippen molar-refractivity contribution in [2.24, 2.45) is 5.92 Å². The zero-order valence-corrected chi connectivity index (χ0v) is 14.9. The van der Waals surface area contributed by atoms with E-state index >= 15 is 0 Å². The lowest BCUT2D eigenvalue weighted by molar-refractivity contribution is -0.147. The first-order valence-corrected chi connectivity index (χ1v) is 9.05. The van der Waals surface area contributed by atoms with Crippen LogP contribution < -0.4 is 0 Å². The van der Waals surface area contributed by atoms with Gasteiger partial charge in [0.25, 0.3) is 0 Å². The van der Waals surface area contributed by atoms with Gasteiger partial charge in [-0.3, -0.25) is 4.79 Å². The predicted octanol–water partition coefficient (Wildman–Crippen LogP) is 5.60. The van der Waals surface area contributed by atoms with E-state index in [1.807, 2.05) is 13.8 Å². The Balaban J connectivity index is 3.91. The average Bonchev–Trinajstić information content (AvgIpc) is 2.33. The molecule has 0 heterocycles. The molecule has 0 bridgehead atoms. The highest BCUT2D eigenvalue weighted by Gasteiger charge is 2.26. The number of hydrogen-bond donors (Lipinski definition) is 0. The number of esters is 1. The van der Waals surface area contributed by atoms with Crippen LogP contribution in [0.15, 0.2) is 0 Å². The summed E-state index contributed by atoms with van der Waals surface area (Å²) in [6.45, 7) is 7.78. The third-order valence-electron chi connectivity index (χ3n) is 2.97. The molecule has 0 spiro atoms. The summed E-state index contributed by atoms with van der Waals surface area (Å²) < 4.78 is 41.2. The van der Waals surface area contributed by atoms with Gasteiger partial charge in [-0.1, -0.05) is 26.7 Å². The van der Waals surface area contributed by atoms with Crippen LogP contribution in [0.2, 0.25) is 0 Å². The second-order valence-electron chi connectivity index (χ2n) is 6.25. The molecular weight excluding hydrogens is 313 g/mol. The van der Waals surface area contributed by atoms with Gasteiger partial charge in [0.1, 0.15) is 5.25 Å². The lowest BCUT2D eigenvalue weighted by Gasteiger charge is -2.19. The molecule has 1 unspecified atom stereocenters. The Morgan fingerprint density at radius 1 is 1.05 bits per heavy atom. The van der Waals surface area contributed by atoms with Crippen molar-refractivity contribution in [2.75, 3.05) is 5.75 Å². The van der Waals surface area contributed by atoms with Crippen LogP contribution in [0.4, 0.5) is 13.2 Å². The standard InChI is InChI=1S/C16H29F3O2S/c1-12(2)11-14(15(20)21-13(3)4)22-10-8-6-5-7-9-16(17,18)19/h12-14H,5-11H2,1-4H3. The molecule has 1 atom stereocenters. The van der Waals surface area contributed by atoms with Crippen molar-refractivity contribution >= 4 is 17.7 Å². The van der Waals surface area contributed by atoms with Gasteiger partial charge in [0.05, 0.1) is 6.10 Å². The highest BCUT2D eigenvalue weighted by atomic mass is 32.2. The summed E-state index contributed by atoms with van der Waals surface area (Å²) in [5.41, 5.74) is 0. The topological polar surface area (TPSA) is 26.3 Å². The van der Waals surface area contributed by atoms with E-state index in [1.54, 1.807) is 11.8 Å². The number of hydrogen-bond acceptors (Lipinski definition) is 3. The minimum Gasteiger partial charge on any atom is -0.462 e.